The Balaban J connectivity index is 2.13. The first-order valence-electron chi connectivity index (χ1n) is 4.87. The quantitative estimate of drug-likeness (QED) is 0.630. The molecule has 0 amide bonds. The van der Waals surface area contributed by atoms with Gasteiger partial charge in [-0.3, -0.25) is 0 Å². The Labute approximate surface area is 88.6 Å². The molecule has 4 heteroatoms. The Hall–Kier alpha value is -2.07. The highest BCUT2D eigenvalue weighted by molar-refractivity contribution is 5.38. The smallest absolute Gasteiger partial charge is 0.225 e. The third kappa shape index (κ3) is 2.24. The summed E-state index contributed by atoms with van der Waals surface area (Å²) >= 11 is 0. The van der Waals surface area contributed by atoms with E-state index in [1.165, 1.54) is 12.8 Å². The summed E-state index contributed by atoms with van der Waals surface area (Å²) in [5, 5.41) is 8.28. The molecule has 15 heavy (non-hydrogen) atoms. The molecule has 1 fully saturated rings. The van der Waals surface area contributed by atoms with Crippen molar-refractivity contribution in [1.82, 2.24) is 9.97 Å². The van der Waals surface area contributed by atoms with Gasteiger partial charge in [0.25, 0.3) is 0 Å². The summed E-state index contributed by atoms with van der Waals surface area (Å²) in [5.74, 6) is 5.73. The average Bonchev–Trinajstić information content (AvgIpc) is 2.80. The molecule has 1 aromatic rings. The highest BCUT2D eigenvalue weighted by atomic mass is 15.3. The minimum atomic E-state index is 0.680. The van der Waals surface area contributed by atoms with Crippen LogP contribution in [-0.2, 0) is 0 Å². The molecule has 1 saturated heterocycles. The predicted molar refractivity (Wildman–Crippen MR) is 56.0 cm³/mol. The van der Waals surface area contributed by atoms with Crippen molar-refractivity contribution < 1.29 is 0 Å². The van der Waals surface area contributed by atoms with E-state index in [9.17, 15) is 0 Å². The van der Waals surface area contributed by atoms with Crippen molar-refractivity contribution in [3.8, 4) is 17.9 Å². The van der Waals surface area contributed by atoms with E-state index in [1.54, 1.807) is 18.5 Å². The molecule has 0 aliphatic carbocycles. The van der Waals surface area contributed by atoms with E-state index < -0.39 is 0 Å². The minimum absolute atomic E-state index is 0.680. The zero-order valence-corrected chi connectivity index (χ0v) is 8.27. The number of rotatable bonds is 1. The van der Waals surface area contributed by atoms with Crippen LogP contribution in [-0.4, -0.2) is 23.1 Å². The summed E-state index contributed by atoms with van der Waals surface area (Å²) in [4.78, 5) is 10.6. The molecule has 0 atom stereocenters. The van der Waals surface area contributed by atoms with Gasteiger partial charge in [-0.15, -0.1) is 0 Å². The summed E-state index contributed by atoms with van der Waals surface area (Å²) < 4.78 is 0. The molecule has 0 spiro atoms. The number of hydrogen-bond donors (Lipinski definition) is 0. The molecule has 1 aliphatic heterocycles. The molecule has 0 radical (unpaired) electrons. The minimum Gasteiger partial charge on any atom is -0.341 e. The summed E-state index contributed by atoms with van der Waals surface area (Å²) in [6.07, 6.45) is 5.73. The molecule has 0 N–H and O–H groups in total. The van der Waals surface area contributed by atoms with Crippen LogP contribution in [0.15, 0.2) is 12.4 Å². The Bertz CT molecular complexity index is 426. The molecule has 0 aromatic carbocycles. The fourth-order valence-electron chi connectivity index (χ4n) is 1.57. The van der Waals surface area contributed by atoms with E-state index in [0.29, 0.717) is 5.56 Å². The molecule has 1 aliphatic rings. The molecule has 1 aromatic heterocycles. The number of aromatic nitrogens is 2. The second-order valence-electron chi connectivity index (χ2n) is 3.33. The van der Waals surface area contributed by atoms with Crippen LogP contribution in [0.2, 0.25) is 0 Å². The third-order valence-corrected chi connectivity index (χ3v) is 2.29. The van der Waals surface area contributed by atoms with Crippen molar-refractivity contribution >= 4 is 5.95 Å². The number of hydrogen-bond acceptors (Lipinski definition) is 4. The lowest BCUT2D eigenvalue weighted by Gasteiger charge is -2.13. The first kappa shape index (κ1) is 9.48. The van der Waals surface area contributed by atoms with Crippen molar-refractivity contribution in [3.63, 3.8) is 0 Å². The summed E-state index contributed by atoms with van der Waals surface area (Å²) in [5.41, 5.74) is 0.680. The maximum atomic E-state index is 8.28. The first-order chi connectivity index (χ1) is 7.40. The van der Waals surface area contributed by atoms with Gasteiger partial charge in [-0.05, 0) is 18.8 Å². The SMILES string of the molecule is N#CC#Cc1cnc(N2CCCC2)nc1. The van der Waals surface area contributed by atoms with Gasteiger partial charge >= 0.3 is 0 Å². The average molecular weight is 198 g/mol. The van der Waals surface area contributed by atoms with E-state index in [1.807, 2.05) is 0 Å². The van der Waals surface area contributed by atoms with Gasteiger partial charge in [-0.2, -0.15) is 5.26 Å². The van der Waals surface area contributed by atoms with Gasteiger partial charge < -0.3 is 4.90 Å². The zero-order valence-electron chi connectivity index (χ0n) is 8.27. The van der Waals surface area contributed by atoms with Crippen LogP contribution >= 0.6 is 0 Å². The van der Waals surface area contributed by atoms with Crippen LogP contribution in [0.4, 0.5) is 5.95 Å². The normalized spacial score (nSPS) is 14.2. The van der Waals surface area contributed by atoms with E-state index in [0.717, 1.165) is 19.0 Å². The highest BCUT2D eigenvalue weighted by Gasteiger charge is 2.13. The monoisotopic (exact) mass is 198 g/mol. The summed E-state index contributed by atoms with van der Waals surface area (Å²) in [7, 11) is 0. The molecule has 0 unspecified atom stereocenters. The molecule has 74 valence electrons. The Morgan fingerprint density at radius 2 is 1.87 bits per heavy atom. The summed E-state index contributed by atoms with van der Waals surface area (Å²) in [6.45, 7) is 2.06. The van der Waals surface area contributed by atoms with E-state index in [2.05, 4.69) is 26.7 Å². The second kappa shape index (κ2) is 4.43. The van der Waals surface area contributed by atoms with Gasteiger partial charge in [-0.25, -0.2) is 9.97 Å². The molecule has 2 heterocycles. The van der Waals surface area contributed by atoms with Gasteiger partial charge in [0.1, 0.15) is 0 Å². The van der Waals surface area contributed by atoms with Crippen molar-refractivity contribution in [3.05, 3.63) is 18.0 Å². The Morgan fingerprint density at radius 1 is 1.20 bits per heavy atom. The van der Waals surface area contributed by atoms with Gasteiger partial charge in [0, 0.05) is 31.4 Å². The van der Waals surface area contributed by atoms with Gasteiger partial charge in [0.2, 0.25) is 5.95 Å². The van der Waals surface area contributed by atoms with Gasteiger partial charge in [0.15, 0.2) is 6.07 Å². The number of nitrogens with zero attached hydrogens (tertiary/aromatic N) is 4. The first-order valence-corrected chi connectivity index (χ1v) is 4.87. The molecule has 0 bridgehead atoms. The second-order valence-corrected chi connectivity index (χ2v) is 3.33. The molecule has 4 nitrogen and oxygen atoms in total. The molecule has 0 saturated carbocycles. The zero-order chi connectivity index (χ0) is 10.5. The third-order valence-electron chi connectivity index (χ3n) is 2.29. The highest BCUT2D eigenvalue weighted by Crippen LogP contribution is 2.14. The van der Waals surface area contributed by atoms with Crippen LogP contribution in [0.5, 0.6) is 0 Å². The lowest BCUT2D eigenvalue weighted by molar-refractivity contribution is 0.897. The molecular formula is C11H10N4. The van der Waals surface area contributed by atoms with Crippen LogP contribution in [0, 0.1) is 23.2 Å². The fraction of sp³-hybridized carbons (Fsp3) is 0.364. The van der Waals surface area contributed by atoms with E-state index >= 15 is 0 Å². The van der Waals surface area contributed by atoms with E-state index in [-0.39, 0.29) is 0 Å². The Morgan fingerprint density at radius 3 is 2.47 bits per heavy atom. The van der Waals surface area contributed by atoms with Crippen LogP contribution in [0.3, 0.4) is 0 Å². The van der Waals surface area contributed by atoms with Gasteiger partial charge in [0.05, 0.1) is 5.56 Å². The van der Waals surface area contributed by atoms with Crippen LogP contribution < -0.4 is 4.90 Å². The molecule has 2 rings (SSSR count). The summed E-state index contributed by atoms with van der Waals surface area (Å²) in [6, 6.07) is 1.76. The van der Waals surface area contributed by atoms with Crippen molar-refractivity contribution in [2.75, 3.05) is 18.0 Å². The number of anilines is 1. The molecular weight excluding hydrogens is 188 g/mol. The maximum absolute atomic E-state index is 8.28. The van der Waals surface area contributed by atoms with Crippen LogP contribution in [0.1, 0.15) is 18.4 Å². The van der Waals surface area contributed by atoms with Crippen molar-refractivity contribution in [2.24, 2.45) is 0 Å². The van der Waals surface area contributed by atoms with Crippen molar-refractivity contribution in [1.29, 1.82) is 5.26 Å². The standard InChI is InChI=1S/C11H10N4/c12-5-3-4-10-8-13-11(14-9-10)15-6-1-2-7-15/h8-9H,1-2,6-7H2. The predicted octanol–water partition coefficient (Wildman–Crippen LogP) is 0.952. The largest absolute Gasteiger partial charge is 0.341 e. The maximum Gasteiger partial charge on any atom is 0.225 e. The lowest BCUT2D eigenvalue weighted by atomic mass is 10.3. The lowest BCUT2D eigenvalue weighted by Crippen LogP contribution is -2.20. The van der Waals surface area contributed by atoms with Gasteiger partial charge in [-0.1, -0.05) is 0 Å². The fourth-order valence-corrected chi connectivity index (χ4v) is 1.57. The topological polar surface area (TPSA) is 52.8 Å². The Kier molecular flexibility index (Phi) is 2.80. The van der Waals surface area contributed by atoms with Crippen LogP contribution in [0.25, 0.3) is 0 Å². The van der Waals surface area contributed by atoms with E-state index in [4.69, 9.17) is 5.26 Å². The number of nitriles is 1. The van der Waals surface area contributed by atoms with Crippen molar-refractivity contribution in [2.45, 2.75) is 12.8 Å².